The molecule has 2 aromatic carbocycles. The van der Waals surface area contributed by atoms with Crippen LogP contribution in [0.5, 0.6) is 0 Å². The van der Waals surface area contributed by atoms with Crippen LogP contribution in [0.1, 0.15) is 16.2 Å². The quantitative estimate of drug-likeness (QED) is 0.440. The average Bonchev–Trinajstić information content (AvgIpc) is 3.44. The van der Waals surface area contributed by atoms with Crippen molar-refractivity contribution < 1.29 is 18.7 Å². The van der Waals surface area contributed by atoms with Crippen LogP contribution >= 0.6 is 22.9 Å². The van der Waals surface area contributed by atoms with Crippen molar-refractivity contribution in [2.24, 2.45) is 0 Å². The molecule has 9 heteroatoms. The lowest BCUT2D eigenvalue weighted by atomic mass is 10.2. The van der Waals surface area contributed by atoms with E-state index in [0.717, 1.165) is 10.6 Å². The van der Waals surface area contributed by atoms with Gasteiger partial charge >= 0.3 is 0 Å². The van der Waals surface area contributed by atoms with Crippen molar-refractivity contribution >= 4 is 51.4 Å². The number of halogens is 1. The predicted octanol–water partition coefficient (Wildman–Crippen LogP) is 4.86. The number of aromatic nitrogens is 1. The SMILES string of the molecule is O=C(Cc1csc(-c2ccccc2Cl)n1)Nc1c(C(=O)N2CCOCC2)oc2ccccc12. The van der Waals surface area contributed by atoms with Gasteiger partial charge in [0.15, 0.2) is 0 Å². The smallest absolute Gasteiger partial charge is 0.291 e. The highest BCUT2D eigenvalue weighted by Crippen LogP contribution is 2.33. The number of anilines is 1. The minimum atomic E-state index is -0.284. The number of para-hydroxylation sites is 1. The number of benzene rings is 2. The molecule has 0 aliphatic carbocycles. The first kappa shape index (κ1) is 21.6. The van der Waals surface area contributed by atoms with E-state index in [9.17, 15) is 9.59 Å². The molecule has 0 atom stereocenters. The van der Waals surface area contributed by atoms with Gasteiger partial charge in [-0.2, -0.15) is 0 Å². The van der Waals surface area contributed by atoms with E-state index in [1.807, 2.05) is 47.8 Å². The van der Waals surface area contributed by atoms with Crippen molar-refractivity contribution in [3.8, 4) is 10.6 Å². The number of carbonyl (C=O) groups excluding carboxylic acids is 2. The zero-order valence-corrected chi connectivity index (χ0v) is 19.1. The lowest BCUT2D eigenvalue weighted by Gasteiger charge is -2.26. The Kier molecular flexibility index (Phi) is 6.13. The molecule has 5 rings (SSSR count). The maximum absolute atomic E-state index is 13.1. The van der Waals surface area contributed by atoms with E-state index in [4.69, 9.17) is 20.8 Å². The third kappa shape index (κ3) is 4.50. The maximum atomic E-state index is 13.1. The number of morpholine rings is 1. The molecule has 2 amide bonds. The molecule has 168 valence electrons. The lowest BCUT2D eigenvalue weighted by Crippen LogP contribution is -2.40. The van der Waals surface area contributed by atoms with Gasteiger partial charge in [-0.3, -0.25) is 9.59 Å². The summed E-state index contributed by atoms with van der Waals surface area (Å²) in [7, 11) is 0. The second kappa shape index (κ2) is 9.35. The Morgan fingerprint density at radius 2 is 1.85 bits per heavy atom. The third-order valence-electron chi connectivity index (χ3n) is 5.35. The van der Waals surface area contributed by atoms with E-state index < -0.39 is 0 Å². The number of fused-ring (bicyclic) bond motifs is 1. The fraction of sp³-hybridized carbons (Fsp3) is 0.208. The number of amides is 2. The lowest BCUT2D eigenvalue weighted by molar-refractivity contribution is -0.115. The van der Waals surface area contributed by atoms with E-state index >= 15 is 0 Å². The van der Waals surface area contributed by atoms with Crippen LogP contribution in [0.15, 0.2) is 58.3 Å². The molecule has 2 aromatic heterocycles. The third-order valence-corrected chi connectivity index (χ3v) is 6.60. The molecular weight excluding hydrogens is 462 g/mol. The van der Waals surface area contributed by atoms with Gasteiger partial charge in [0, 0.05) is 29.4 Å². The van der Waals surface area contributed by atoms with Gasteiger partial charge in [0.1, 0.15) is 16.3 Å². The second-order valence-corrected chi connectivity index (χ2v) is 8.82. The fourth-order valence-corrected chi connectivity index (χ4v) is 4.86. The Bertz CT molecular complexity index is 1330. The Labute approximate surface area is 198 Å². The van der Waals surface area contributed by atoms with E-state index in [1.54, 1.807) is 11.0 Å². The highest BCUT2D eigenvalue weighted by molar-refractivity contribution is 7.13. The summed E-state index contributed by atoms with van der Waals surface area (Å²) in [6, 6.07) is 14.7. The molecule has 0 bridgehead atoms. The van der Waals surface area contributed by atoms with Crippen molar-refractivity contribution in [3.63, 3.8) is 0 Å². The summed E-state index contributed by atoms with van der Waals surface area (Å²) >= 11 is 7.70. The number of carbonyl (C=O) groups is 2. The van der Waals surface area contributed by atoms with E-state index in [0.29, 0.717) is 53.7 Å². The van der Waals surface area contributed by atoms with Crippen molar-refractivity contribution in [2.45, 2.75) is 6.42 Å². The standard InChI is InChI=1S/C24H20ClN3O4S/c25-18-7-3-1-5-16(18)23-26-15(14-33-23)13-20(29)27-21-17-6-2-4-8-19(17)32-22(21)24(30)28-9-11-31-12-10-28/h1-8,14H,9-13H2,(H,27,29). The van der Waals surface area contributed by atoms with Crippen molar-refractivity contribution in [1.29, 1.82) is 0 Å². The molecule has 7 nitrogen and oxygen atoms in total. The topological polar surface area (TPSA) is 84.7 Å². The number of rotatable bonds is 5. The molecule has 0 unspecified atom stereocenters. The summed E-state index contributed by atoms with van der Waals surface area (Å²) in [5.74, 6) is -0.422. The molecule has 1 N–H and O–H groups in total. The molecule has 3 heterocycles. The first-order valence-electron chi connectivity index (χ1n) is 10.5. The van der Waals surface area contributed by atoms with Crippen molar-refractivity contribution in [2.75, 3.05) is 31.6 Å². The van der Waals surface area contributed by atoms with Gasteiger partial charge in [0.25, 0.3) is 5.91 Å². The van der Waals surface area contributed by atoms with E-state index in [-0.39, 0.29) is 24.0 Å². The minimum absolute atomic E-state index is 0.0612. The Morgan fingerprint density at radius 3 is 2.67 bits per heavy atom. The molecular formula is C24H20ClN3O4S. The maximum Gasteiger partial charge on any atom is 0.291 e. The first-order valence-corrected chi connectivity index (χ1v) is 11.7. The van der Waals surface area contributed by atoms with Gasteiger partial charge in [-0.15, -0.1) is 11.3 Å². The van der Waals surface area contributed by atoms with Gasteiger partial charge < -0.3 is 19.4 Å². The molecule has 1 saturated heterocycles. The van der Waals surface area contributed by atoms with E-state index in [2.05, 4.69) is 10.3 Å². The monoisotopic (exact) mass is 481 g/mol. The molecule has 1 fully saturated rings. The van der Waals surface area contributed by atoms with Gasteiger partial charge in [0.2, 0.25) is 11.7 Å². The Hall–Kier alpha value is -3.20. The summed E-state index contributed by atoms with van der Waals surface area (Å²) in [4.78, 5) is 32.3. The average molecular weight is 482 g/mol. The Morgan fingerprint density at radius 1 is 1.09 bits per heavy atom. The van der Waals surface area contributed by atoms with Crippen LogP contribution in [0.4, 0.5) is 5.69 Å². The number of furan rings is 1. The molecule has 1 aliphatic rings. The number of nitrogens with one attached hydrogen (secondary N) is 1. The van der Waals surface area contributed by atoms with Crippen LogP contribution in [-0.4, -0.2) is 48.0 Å². The second-order valence-electron chi connectivity index (χ2n) is 7.56. The fourth-order valence-electron chi connectivity index (χ4n) is 3.72. The van der Waals surface area contributed by atoms with Gasteiger partial charge in [-0.05, 0) is 18.2 Å². The molecule has 0 saturated carbocycles. The van der Waals surface area contributed by atoms with E-state index in [1.165, 1.54) is 11.3 Å². The normalized spacial score (nSPS) is 13.9. The molecule has 33 heavy (non-hydrogen) atoms. The summed E-state index contributed by atoms with van der Waals surface area (Å²) in [6.45, 7) is 1.91. The summed E-state index contributed by atoms with van der Waals surface area (Å²) in [5, 5.41) is 6.77. The van der Waals surface area contributed by atoms with Crippen LogP contribution in [0, 0.1) is 0 Å². The van der Waals surface area contributed by atoms with Crippen LogP contribution in [-0.2, 0) is 16.0 Å². The number of nitrogens with zero attached hydrogens (tertiary/aromatic N) is 2. The minimum Gasteiger partial charge on any atom is -0.449 e. The highest BCUT2D eigenvalue weighted by Gasteiger charge is 2.27. The summed E-state index contributed by atoms with van der Waals surface area (Å²) in [5.41, 5.74) is 2.38. The predicted molar refractivity (Wildman–Crippen MR) is 128 cm³/mol. The van der Waals surface area contributed by atoms with Gasteiger partial charge in [-0.25, -0.2) is 4.98 Å². The molecule has 1 aliphatic heterocycles. The van der Waals surface area contributed by atoms with Crippen LogP contribution in [0.2, 0.25) is 5.02 Å². The zero-order chi connectivity index (χ0) is 22.8. The first-order chi connectivity index (χ1) is 16.1. The van der Waals surface area contributed by atoms with Crippen LogP contribution in [0.25, 0.3) is 21.5 Å². The largest absolute Gasteiger partial charge is 0.449 e. The van der Waals surface area contributed by atoms with Gasteiger partial charge in [-0.1, -0.05) is 41.9 Å². The van der Waals surface area contributed by atoms with Crippen molar-refractivity contribution in [3.05, 3.63) is 70.4 Å². The number of hydrogen-bond donors (Lipinski definition) is 1. The highest BCUT2D eigenvalue weighted by atomic mass is 35.5. The molecule has 0 spiro atoms. The van der Waals surface area contributed by atoms with Gasteiger partial charge in [0.05, 0.1) is 30.4 Å². The number of thiazole rings is 1. The van der Waals surface area contributed by atoms with Crippen LogP contribution in [0.3, 0.4) is 0 Å². The summed E-state index contributed by atoms with van der Waals surface area (Å²) in [6.07, 6.45) is 0.0612. The summed E-state index contributed by atoms with van der Waals surface area (Å²) < 4.78 is 11.2. The van der Waals surface area contributed by atoms with Crippen LogP contribution < -0.4 is 5.32 Å². The number of hydrogen-bond acceptors (Lipinski definition) is 6. The Balaban J connectivity index is 1.38. The molecule has 4 aromatic rings. The molecule has 0 radical (unpaired) electrons. The zero-order valence-electron chi connectivity index (χ0n) is 17.5. The number of ether oxygens (including phenoxy) is 1. The van der Waals surface area contributed by atoms with Crippen molar-refractivity contribution in [1.82, 2.24) is 9.88 Å².